The van der Waals surface area contributed by atoms with E-state index in [9.17, 15) is 9.50 Å². The van der Waals surface area contributed by atoms with Crippen molar-refractivity contribution in [2.45, 2.75) is 38.8 Å². The Hall–Kier alpha value is -1.88. The normalized spacial score (nSPS) is 17.7. The maximum atomic E-state index is 13.0. The molecule has 0 bridgehead atoms. The minimum absolute atomic E-state index is 0.277. The van der Waals surface area contributed by atoms with Crippen molar-refractivity contribution in [1.29, 1.82) is 0 Å². The number of nitrogen functional groups attached to an aromatic ring is 1. The lowest BCUT2D eigenvalue weighted by Gasteiger charge is -2.23. The van der Waals surface area contributed by atoms with Crippen molar-refractivity contribution in [1.82, 2.24) is 9.78 Å². The molecular formula is C16H20FN3O. The Kier molecular flexibility index (Phi) is 3.24. The fourth-order valence-corrected chi connectivity index (χ4v) is 2.70. The number of nitrogens with zero attached hydrogens (tertiary/aromatic N) is 2. The highest BCUT2D eigenvalue weighted by Crippen LogP contribution is 2.41. The smallest absolute Gasteiger partial charge is 0.125 e. The predicted molar refractivity (Wildman–Crippen MR) is 80.1 cm³/mol. The van der Waals surface area contributed by atoms with E-state index in [1.807, 2.05) is 13.8 Å². The van der Waals surface area contributed by atoms with Gasteiger partial charge in [0.05, 0.1) is 17.8 Å². The molecule has 0 spiro atoms. The van der Waals surface area contributed by atoms with Gasteiger partial charge in [-0.1, -0.05) is 0 Å². The first-order valence-corrected chi connectivity index (χ1v) is 7.19. The molecule has 21 heavy (non-hydrogen) atoms. The number of aliphatic hydroxyl groups is 1. The number of rotatable bonds is 4. The zero-order chi connectivity index (χ0) is 15.2. The highest BCUT2D eigenvalue weighted by molar-refractivity contribution is 5.67. The molecule has 0 radical (unpaired) electrons. The van der Waals surface area contributed by atoms with Crippen molar-refractivity contribution in [3.8, 4) is 11.3 Å². The topological polar surface area (TPSA) is 64.1 Å². The van der Waals surface area contributed by atoms with Gasteiger partial charge in [-0.3, -0.25) is 0 Å². The molecule has 0 aliphatic heterocycles. The molecule has 0 amide bonds. The lowest BCUT2D eigenvalue weighted by Crippen LogP contribution is -2.33. The molecule has 1 unspecified atom stereocenters. The summed E-state index contributed by atoms with van der Waals surface area (Å²) in [6.45, 7) is 4.10. The summed E-state index contributed by atoms with van der Waals surface area (Å²) in [4.78, 5) is 0. The minimum atomic E-state index is -0.785. The second-order valence-corrected chi connectivity index (χ2v) is 6.15. The van der Waals surface area contributed by atoms with Crippen LogP contribution < -0.4 is 5.73 Å². The highest BCUT2D eigenvalue weighted by Gasteiger charge is 2.40. The van der Waals surface area contributed by atoms with Gasteiger partial charge in [0.25, 0.3) is 0 Å². The van der Waals surface area contributed by atoms with Gasteiger partial charge in [0.15, 0.2) is 0 Å². The first-order valence-electron chi connectivity index (χ1n) is 7.19. The fourth-order valence-electron chi connectivity index (χ4n) is 2.70. The molecular weight excluding hydrogens is 269 g/mol. The Bertz CT molecular complexity index is 657. The zero-order valence-electron chi connectivity index (χ0n) is 12.3. The second kappa shape index (κ2) is 4.84. The van der Waals surface area contributed by atoms with E-state index in [2.05, 4.69) is 5.10 Å². The minimum Gasteiger partial charge on any atom is -0.388 e. The summed E-state index contributed by atoms with van der Waals surface area (Å²) in [5.74, 6) is 0.603. The molecule has 5 heteroatoms. The van der Waals surface area contributed by atoms with Crippen LogP contribution in [0, 0.1) is 18.7 Å². The van der Waals surface area contributed by atoms with E-state index in [1.54, 1.807) is 16.8 Å². The van der Waals surface area contributed by atoms with Crippen LogP contribution in [-0.2, 0) is 6.54 Å². The van der Waals surface area contributed by atoms with Crippen LogP contribution >= 0.6 is 0 Å². The van der Waals surface area contributed by atoms with Crippen LogP contribution in [0.4, 0.5) is 10.2 Å². The summed E-state index contributed by atoms with van der Waals surface area (Å²) in [6.07, 6.45) is 2.11. The van der Waals surface area contributed by atoms with Crippen LogP contribution in [0.2, 0.25) is 0 Å². The number of halogens is 1. The van der Waals surface area contributed by atoms with Crippen LogP contribution in [0.3, 0.4) is 0 Å². The van der Waals surface area contributed by atoms with Gasteiger partial charge in [0.1, 0.15) is 11.6 Å². The molecule has 1 fully saturated rings. The molecule has 1 aromatic carbocycles. The molecule has 1 saturated carbocycles. The van der Waals surface area contributed by atoms with Gasteiger partial charge in [0, 0.05) is 11.1 Å². The van der Waals surface area contributed by atoms with Crippen molar-refractivity contribution >= 4 is 5.82 Å². The molecule has 1 aliphatic carbocycles. The van der Waals surface area contributed by atoms with E-state index in [0.29, 0.717) is 18.3 Å². The summed E-state index contributed by atoms with van der Waals surface area (Å²) in [5, 5.41) is 15.0. The van der Waals surface area contributed by atoms with Crippen molar-refractivity contribution in [3.63, 3.8) is 0 Å². The van der Waals surface area contributed by atoms with E-state index >= 15 is 0 Å². The Morgan fingerprint density at radius 2 is 2.00 bits per heavy atom. The summed E-state index contributed by atoms with van der Waals surface area (Å²) in [7, 11) is 0. The third-order valence-electron chi connectivity index (χ3n) is 4.28. The lowest BCUT2D eigenvalue weighted by atomic mass is 10.0. The summed E-state index contributed by atoms with van der Waals surface area (Å²) < 4.78 is 14.7. The van der Waals surface area contributed by atoms with Crippen molar-refractivity contribution in [3.05, 3.63) is 35.6 Å². The van der Waals surface area contributed by atoms with Crippen LogP contribution in [0.5, 0.6) is 0 Å². The van der Waals surface area contributed by atoms with Gasteiger partial charge in [-0.15, -0.1) is 0 Å². The van der Waals surface area contributed by atoms with Gasteiger partial charge in [-0.2, -0.15) is 5.10 Å². The Labute approximate surface area is 123 Å². The van der Waals surface area contributed by atoms with Crippen LogP contribution in [-0.4, -0.2) is 20.5 Å². The van der Waals surface area contributed by atoms with E-state index in [4.69, 9.17) is 5.73 Å². The van der Waals surface area contributed by atoms with E-state index in [-0.39, 0.29) is 5.82 Å². The summed E-state index contributed by atoms with van der Waals surface area (Å²) in [6, 6.07) is 6.19. The fraction of sp³-hybridized carbons (Fsp3) is 0.438. The van der Waals surface area contributed by atoms with Gasteiger partial charge in [-0.05, 0) is 56.9 Å². The zero-order valence-corrected chi connectivity index (χ0v) is 12.3. The molecule has 4 nitrogen and oxygen atoms in total. The average molecular weight is 289 g/mol. The number of hydrogen-bond acceptors (Lipinski definition) is 3. The highest BCUT2D eigenvalue weighted by atomic mass is 19.1. The number of anilines is 1. The quantitative estimate of drug-likeness (QED) is 0.909. The summed E-state index contributed by atoms with van der Waals surface area (Å²) >= 11 is 0. The van der Waals surface area contributed by atoms with Gasteiger partial charge < -0.3 is 10.8 Å². The molecule has 1 atom stereocenters. The SMILES string of the molecule is Cc1c(-c2ccc(F)cc2)nn(CC(C)(O)C2CC2)c1N. The van der Waals surface area contributed by atoms with Gasteiger partial charge in [-0.25, -0.2) is 9.07 Å². The monoisotopic (exact) mass is 289 g/mol. The molecule has 1 aromatic heterocycles. The molecule has 1 aliphatic rings. The Morgan fingerprint density at radius 1 is 1.38 bits per heavy atom. The maximum absolute atomic E-state index is 13.0. The Balaban J connectivity index is 1.93. The van der Waals surface area contributed by atoms with E-state index in [1.165, 1.54) is 12.1 Å². The third kappa shape index (κ3) is 2.65. The maximum Gasteiger partial charge on any atom is 0.125 e. The molecule has 2 aromatic rings. The molecule has 3 N–H and O–H groups in total. The average Bonchev–Trinajstić information content (AvgIpc) is 3.24. The molecule has 3 rings (SSSR count). The van der Waals surface area contributed by atoms with Crippen LogP contribution in [0.15, 0.2) is 24.3 Å². The second-order valence-electron chi connectivity index (χ2n) is 6.15. The first kappa shape index (κ1) is 14.1. The molecule has 112 valence electrons. The van der Waals surface area contributed by atoms with E-state index in [0.717, 1.165) is 29.7 Å². The number of aromatic nitrogens is 2. The number of hydrogen-bond donors (Lipinski definition) is 2. The molecule has 0 saturated heterocycles. The van der Waals surface area contributed by atoms with Gasteiger partial charge >= 0.3 is 0 Å². The number of benzene rings is 1. The Morgan fingerprint density at radius 3 is 2.57 bits per heavy atom. The van der Waals surface area contributed by atoms with Crippen molar-refractivity contribution in [2.75, 3.05) is 5.73 Å². The first-order chi connectivity index (χ1) is 9.88. The van der Waals surface area contributed by atoms with Crippen molar-refractivity contribution in [2.24, 2.45) is 5.92 Å². The van der Waals surface area contributed by atoms with E-state index < -0.39 is 5.60 Å². The predicted octanol–water partition coefficient (Wildman–Crippen LogP) is 2.74. The number of nitrogens with two attached hydrogens (primary N) is 1. The standard InChI is InChI=1S/C16H20FN3O/c1-10-14(11-3-7-13(17)8-4-11)19-20(15(10)18)9-16(2,21)12-5-6-12/h3-4,7-8,12,21H,5-6,9,18H2,1-2H3. The summed E-state index contributed by atoms with van der Waals surface area (Å²) in [5.41, 5.74) is 7.74. The van der Waals surface area contributed by atoms with Crippen LogP contribution in [0.25, 0.3) is 11.3 Å². The van der Waals surface area contributed by atoms with Crippen LogP contribution in [0.1, 0.15) is 25.3 Å². The van der Waals surface area contributed by atoms with Crippen molar-refractivity contribution < 1.29 is 9.50 Å². The third-order valence-corrected chi connectivity index (χ3v) is 4.28. The largest absolute Gasteiger partial charge is 0.388 e. The lowest BCUT2D eigenvalue weighted by molar-refractivity contribution is 0.0168. The molecule has 1 heterocycles. The van der Waals surface area contributed by atoms with Gasteiger partial charge in [0.2, 0.25) is 0 Å².